The van der Waals surface area contributed by atoms with Crippen molar-refractivity contribution in [1.29, 1.82) is 0 Å². The Kier molecular flexibility index (Phi) is 5.75. The van der Waals surface area contributed by atoms with E-state index in [4.69, 9.17) is 4.42 Å². The molecule has 0 saturated carbocycles. The molecule has 1 unspecified atom stereocenters. The van der Waals surface area contributed by atoms with E-state index in [0.717, 1.165) is 19.3 Å². The van der Waals surface area contributed by atoms with Crippen molar-refractivity contribution in [3.05, 3.63) is 17.9 Å². The van der Waals surface area contributed by atoms with E-state index < -0.39 is 10.0 Å². The molecule has 0 radical (unpaired) electrons. The molecule has 5 nitrogen and oxygen atoms in total. The van der Waals surface area contributed by atoms with E-state index in [9.17, 15) is 13.2 Å². The first-order valence-corrected chi connectivity index (χ1v) is 7.91. The molecule has 1 aromatic rings. The van der Waals surface area contributed by atoms with E-state index in [1.807, 2.05) is 6.92 Å². The first-order valence-electron chi connectivity index (χ1n) is 6.42. The molecular formula is C13H21NO4S. The van der Waals surface area contributed by atoms with E-state index in [2.05, 4.69) is 18.6 Å². The molecule has 108 valence electrons. The largest absolute Gasteiger partial charge is 0.440 e. The Morgan fingerprint density at radius 1 is 1.26 bits per heavy atom. The van der Waals surface area contributed by atoms with Crippen LogP contribution in [0.15, 0.2) is 21.6 Å². The van der Waals surface area contributed by atoms with Gasteiger partial charge in [0.15, 0.2) is 12.0 Å². The Balaban J connectivity index is 2.56. The van der Waals surface area contributed by atoms with Crippen molar-refractivity contribution in [2.45, 2.75) is 51.2 Å². The molecule has 1 rings (SSSR count). The number of sulfonamides is 1. The SMILES string of the molecule is CC(C)CCCC(C)NS(=O)(=O)c1ccc(C=O)o1. The van der Waals surface area contributed by atoms with Gasteiger partial charge in [0.1, 0.15) is 0 Å². The van der Waals surface area contributed by atoms with Gasteiger partial charge in [0.2, 0.25) is 5.09 Å². The summed E-state index contributed by atoms with van der Waals surface area (Å²) in [6.07, 6.45) is 3.30. The maximum Gasteiger partial charge on any atom is 0.274 e. The second kappa shape index (κ2) is 6.86. The van der Waals surface area contributed by atoms with Crippen LogP contribution < -0.4 is 4.72 Å². The van der Waals surface area contributed by atoms with Crippen LogP contribution in [-0.2, 0) is 10.0 Å². The van der Waals surface area contributed by atoms with Crippen molar-refractivity contribution in [3.63, 3.8) is 0 Å². The second-order valence-corrected chi connectivity index (χ2v) is 6.77. The maximum atomic E-state index is 11.9. The van der Waals surface area contributed by atoms with Crippen molar-refractivity contribution < 1.29 is 17.6 Å². The Morgan fingerprint density at radius 3 is 2.47 bits per heavy atom. The number of carbonyl (C=O) groups excluding carboxylic acids is 1. The number of carbonyl (C=O) groups is 1. The summed E-state index contributed by atoms with van der Waals surface area (Å²) in [7, 11) is -3.67. The predicted octanol–water partition coefficient (Wildman–Crippen LogP) is 2.59. The number of hydrogen-bond donors (Lipinski definition) is 1. The summed E-state index contributed by atoms with van der Waals surface area (Å²) in [4.78, 5) is 10.5. The molecule has 0 amide bonds. The minimum absolute atomic E-state index is 0.00726. The lowest BCUT2D eigenvalue weighted by Crippen LogP contribution is -2.32. The molecule has 0 aliphatic rings. The van der Waals surface area contributed by atoms with E-state index in [1.54, 1.807) is 0 Å². The third-order valence-corrected chi connectivity index (χ3v) is 4.22. The highest BCUT2D eigenvalue weighted by Gasteiger charge is 2.21. The van der Waals surface area contributed by atoms with Gasteiger partial charge in [-0.2, -0.15) is 0 Å². The number of hydrogen-bond acceptors (Lipinski definition) is 4. The molecular weight excluding hydrogens is 266 g/mol. The van der Waals surface area contributed by atoms with Crippen LogP contribution in [0, 0.1) is 5.92 Å². The van der Waals surface area contributed by atoms with Gasteiger partial charge in [-0.05, 0) is 31.4 Å². The maximum absolute atomic E-state index is 11.9. The summed E-state index contributed by atoms with van der Waals surface area (Å²) in [5, 5.41) is -0.217. The first-order chi connectivity index (χ1) is 8.85. The molecule has 0 aromatic carbocycles. The van der Waals surface area contributed by atoms with Crippen molar-refractivity contribution in [2.24, 2.45) is 5.92 Å². The fraction of sp³-hybridized carbons (Fsp3) is 0.615. The summed E-state index contributed by atoms with van der Waals surface area (Å²) in [6.45, 7) is 6.10. The molecule has 0 bridgehead atoms. The average Bonchev–Trinajstić information content (AvgIpc) is 2.76. The van der Waals surface area contributed by atoms with Crippen LogP contribution in [0.1, 0.15) is 50.6 Å². The van der Waals surface area contributed by atoms with Gasteiger partial charge in [-0.25, -0.2) is 13.1 Å². The highest BCUT2D eigenvalue weighted by molar-refractivity contribution is 7.89. The van der Waals surface area contributed by atoms with Gasteiger partial charge >= 0.3 is 0 Å². The fourth-order valence-electron chi connectivity index (χ4n) is 1.76. The monoisotopic (exact) mass is 287 g/mol. The summed E-state index contributed by atoms with van der Waals surface area (Å²) in [5.41, 5.74) is 0. The molecule has 1 atom stereocenters. The Hall–Kier alpha value is -1.14. The van der Waals surface area contributed by atoms with Crippen LogP contribution in [-0.4, -0.2) is 20.7 Å². The summed E-state index contributed by atoms with van der Waals surface area (Å²) < 4.78 is 31.4. The lowest BCUT2D eigenvalue weighted by molar-refractivity contribution is 0.109. The van der Waals surface area contributed by atoms with Crippen molar-refractivity contribution in [2.75, 3.05) is 0 Å². The number of nitrogens with one attached hydrogen (secondary N) is 1. The number of furan rings is 1. The second-order valence-electron chi connectivity index (χ2n) is 5.12. The Morgan fingerprint density at radius 2 is 1.95 bits per heavy atom. The van der Waals surface area contributed by atoms with Crippen molar-refractivity contribution in [3.8, 4) is 0 Å². The van der Waals surface area contributed by atoms with E-state index >= 15 is 0 Å². The van der Waals surface area contributed by atoms with Gasteiger partial charge < -0.3 is 4.42 Å². The molecule has 19 heavy (non-hydrogen) atoms. The highest BCUT2D eigenvalue weighted by Crippen LogP contribution is 2.14. The lowest BCUT2D eigenvalue weighted by Gasteiger charge is -2.13. The van der Waals surface area contributed by atoms with Gasteiger partial charge in [0.05, 0.1) is 0 Å². The van der Waals surface area contributed by atoms with Crippen LogP contribution in [0.4, 0.5) is 0 Å². The van der Waals surface area contributed by atoms with Crippen LogP contribution in [0.5, 0.6) is 0 Å². The molecule has 1 aromatic heterocycles. The zero-order valence-corrected chi connectivity index (χ0v) is 12.4. The standard InChI is InChI=1S/C13H21NO4S/c1-10(2)5-4-6-11(3)14-19(16,17)13-8-7-12(9-15)18-13/h7-11,14H,4-6H2,1-3H3. The Bertz CT molecular complexity index is 504. The minimum Gasteiger partial charge on any atom is -0.440 e. The van der Waals surface area contributed by atoms with Gasteiger partial charge in [0, 0.05) is 6.04 Å². The van der Waals surface area contributed by atoms with Crippen LogP contribution in [0.2, 0.25) is 0 Å². The average molecular weight is 287 g/mol. The van der Waals surface area contributed by atoms with Crippen LogP contribution in [0.3, 0.4) is 0 Å². The molecule has 0 spiro atoms. The predicted molar refractivity (Wildman–Crippen MR) is 72.6 cm³/mol. The minimum atomic E-state index is -3.67. The molecule has 0 fully saturated rings. The van der Waals surface area contributed by atoms with Gasteiger partial charge in [-0.15, -0.1) is 0 Å². The first kappa shape index (κ1) is 15.9. The summed E-state index contributed by atoms with van der Waals surface area (Å²) in [5.74, 6) is 0.622. The van der Waals surface area contributed by atoms with E-state index in [-0.39, 0.29) is 16.9 Å². The molecule has 0 aliphatic heterocycles. The smallest absolute Gasteiger partial charge is 0.274 e. The molecule has 1 heterocycles. The normalized spacial score (nSPS) is 13.7. The highest BCUT2D eigenvalue weighted by atomic mass is 32.2. The van der Waals surface area contributed by atoms with Gasteiger partial charge in [-0.3, -0.25) is 4.79 Å². The van der Waals surface area contributed by atoms with E-state index in [0.29, 0.717) is 12.2 Å². The molecule has 6 heteroatoms. The number of rotatable bonds is 8. The Labute approximate surface area is 114 Å². The summed E-state index contributed by atoms with van der Waals surface area (Å²) in [6, 6.07) is 2.46. The molecule has 0 saturated heterocycles. The zero-order valence-electron chi connectivity index (χ0n) is 11.5. The number of aldehydes is 1. The topological polar surface area (TPSA) is 76.4 Å². The van der Waals surface area contributed by atoms with Gasteiger partial charge in [0.25, 0.3) is 10.0 Å². The van der Waals surface area contributed by atoms with Crippen molar-refractivity contribution >= 4 is 16.3 Å². The van der Waals surface area contributed by atoms with Gasteiger partial charge in [-0.1, -0.05) is 26.7 Å². The quantitative estimate of drug-likeness (QED) is 0.746. The van der Waals surface area contributed by atoms with Crippen molar-refractivity contribution in [1.82, 2.24) is 4.72 Å². The summed E-state index contributed by atoms with van der Waals surface area (Å²) >= 11 is 0. The van der Waals surface area contributed by atoms with E-state index in [1.165, 1.54) is 12.1 Å². The molecule has 0 aliphatic carbocycles. The fourth-order valence-corrected chi connectivity index (χ4v) is 2.97. The third-order valence-electron chi connectivity index (χ3n) is 2.76. The van der Waals surface area contributed by atoms with Crippen LogP contribution >= 0.6 is 0 Å². The van der Waals surface area contributed by atoms with Crippen LogP contribution in [0.25, 0.3) is 0 Å². The third kappa shape index (κ3) is 5.16. The lowest BCUT2D eigenvalue weighted by atomic mass is 10.0. The zero-order chi connectivity index (χ0) is 14.5. The molecule has 1 N–H and O–H groups in total.